The van der Waals surface area contributed by atoms with Crippen LogP contribution in [-0.2, 0) is 4.79 Å². The summed E-state index contributed by atoms with van der Waals surface area (Å²) in [7, 11) is 0. The molecule has 0 spiro atoms. The van der Waals surface area contributed by atoms with E-state index in [1.807, 2.05) is 12.1 Å². The molecule has 0 aliphatic rings. The maximum atomic E-state index is 11.2. The van der Waals surface area contributed by atoms with E-state index in [1.54, 1.807) is 24.3 Å². The molecule has 3 aromatic rings. The number of rotatable bonds is 3. The van der Waals surface area contributed by atoms with Crippen LogP contribution in [-0.4, -0.2) is 16.0 Å². The number of carbonyl (C=O) groups is 1. The lowest BCUT2D eigenvalue weighted by Gasteiger charge is -2.05. The van der Waals surface area contributed by atoms with Crippen molar-refractivity contribution in [2.24, 2.45) is 0 Å². The van der Waals surface area contributed by atoms with Crippen molar-refractivity contribution in [3.8, 4) is 23.0 Å². The van der Waals surface area contributed by atoms with Gasteiger partial charge in [0.2, 0.25) is 11.7 Å². The number of para-hydroxylation sites is 1. The first-order valence-electron chi connectivity index (χ1n) is 5.98. The Balaban J connectivity index is 1.99. The lowest BCUT2D eigenvalue weighted by molar-refractivity contribution is -0.114. The van der Waals surface area contributed by atoms with E-state index in [0.29, 0.717) is 28.7 Å². The lowest BCUT2D eigenvalue weighted by Crippen LogP contribution is -2.06. The van der Waals surface area contributed by atoms with Crippen LogP contribution in [0.4, 0.5) is 5.69 Å². The summed E-state index contributed by atoms with van der Waals surface area (Å²) < 4.78 is 10.4. The van der Waals surface area contributed by atoms with Crippen LogP contribution in [0.3, 0.4) is 0 Å². The lowest BCUT2D eigenvalue weighted by atomic mass is 10.1. The fourth-order valence-corrected chi connectivity index (χ4v) is 1.81. The summed E-state index contributed by atoms with van der Waals surface area (Å²) in [5.41, 5.74) is 1.28. The highest BCUT2D eigenvalue weighted by Crippen LogP contribution is 2.28. The van der Waals surface area contributed by atoms with Crippen LogP contribution in [0.5, 0.6) is 0 Å². The molecule has 0 aliphatic heterocycles. The molecule has 6 nitrogen and oxygen atoms in total. The number of anilines is 1. The molecular weight excluding hydrogens is 258 g/mol. The van der Waals surface area contributed by atoms with Gasteiger partial charge in [-0.15, -0.1) is 0 Å². The van der Waals surface area contributed by atoms with Gasteiger partial charge in [0, 0.05) is 6.92 Å². The second-order valence-corrected chi connectivity index (χ2v) is 4.13. The summed E-state index contributed by atoms with van der Waals surface area (Å²) in [5.74, 6) is 1.05. The molecule has 0 saturated heterocycles. The van der Waals surface area contributed by atoms with Crippen LogP contribution in [0, 0.1) is 0 Å². The molecule has 100 valence electrons. The van der Waals surface area contributed by atoms with Crippen LogP contribution in [0.2, 0.25) is 0 Å². The summed E-state index contributed by atoms with van der Waals surface area (Å²) in [6, 6.07) is 10.7. The quantitative estimate of drug-likeness (QED) is 0.790. The van der Waals surface area contributed by atoms with Crippen LogP contribution < -0.4 is 5.32 Å². The first-order valence-corrected chi connectivity index (χ1v) is 5.98. The van der Waals surface area contributed by atoms with Crippen molar-refractivity contribution in [3.63, 3.8) is 0 Å². The molecule has 0 bridgehead atoms. The molecule has 0 unspecified atom stereocenters. The molecule has 20 heavy (non-hydrogen) atoms. The van der Waals surface area contributed by atoms with Crippen molar-refractivity contribution in [1.82, 2.24) is 10.1 Å². The van der Waals surface area contributed by atoms with Gasteiger partial charge in [-0.25, -0.2) is 0 Å². The van der Waals surface area contributed by atoms with Crippen LogP contribution in [0.15, 0.2) is 51.6 Å². The van der Waals surface area contributed by atoms with Gasteiger partial charge in [-0.1, -0.05) is 17.3 Å². The van der Waals surface area contributed by atoms with E-state index in [4.69, 9.17) is 8.94 Å². The van der Waals surface area contributed by atoms with Gasteiger partial charge < -0.3 is 14.3 Å². The Morgan fingerprint density at radius 3 is 2.80 bits per heavy atom. The van der Waals surface area contributed by atoms with Gasteiger partial charge in [-0.05, 0) is 24.3 Å². The SMILES string of the molecule is CC(=O)Nc1ccccc1-c1nc(-c2ccco2)no1. The first kappa shape index (κ1) is 12.2. The fraction of sp³-hybridized carbons (Fsp3) is 0.0714. The Kier molecular flexibility index (Phi) is 3.04. The molecule has 1 amide bonds. The number of hydrogen-bond donors (Lipinski definition) is 1. The molecule has 0 saturated carbocycles. The molecule has 1 aromatic carbocycles. The largest absolute Gasteiger partial charge is 0.461 e. The zero-order chi connectivity index (χ0) is 13.9. The summed E-state index contributed by atoms with van der Waals surface area (Å²) in [5, 5.41) is 6.59. The Hall–Kier alpha value is -2.89. The number of nitrogens with one attached hydrogen (secondary N) is 1. The predicted octanol–water partition coefficient (Wildman–Crippen LogP) is 2.96. The summed E-state index contributed by atoms with van der Waals surface area (Å²) in [6.07, 6.45) is 1.54. The molecule has 0 fully saturated rings. The van der Waals surface area contributed by atoms with Crippen molar-refractivity contribution in [2.45, 2.75) is 6.92 Å². The highest BCUT2D eigenvalue weighted by Gasteiger charge is 2.15. The fourth-order valence-electron chi connectivity index (χ4n) is 1.81. The van der Waals surface area contributed by atoms with E-state index >= 15 is 0 Å². The van der Waals surface area contributed by atoms with Gasteiger partial charge >= 0.3 is 0 Å². The normalized spacial score (nSPS) is 10.4. The van der Waals surface area contributed by atoms with Crippen molar-refractivity contribution < 1.29 is 13.7 Å². The minimum absolute atomic E-state index is 0.164. The number of nitrogens with zero attached hydrogens (tertiary/aromatic N) is 2. The van der Waals surface area contributed by atoms with Gasteiger partial charge in [0.15, 0.2) is 5.76 Å². The van der Waals surface area contributed by atoms with Crippen molar-refractivity contribution in [3.05, 3.63) is 42.7 Å². The van der Waals surface area contributed by atoms with E-state index in [-0.39, 0.29) is 5.91 Å². The number of aromatic nitrogens is 2. The molecule has 1 N–H and O–H groups in total. The maximum Gasteiger partial charge on any atom is 0.260 e. The molecule has 6 heteroatoms. The van der Waals surface area contributed by atoms with Gasteiger partial charge in [0.25, 0.3) is 5.89 Å². The second kappa shape index (κ2) is 5.00. The third-order valence-corrected chi connectivity index (χ3v) is 2.64. The van der Waals surface area contributed by atoms with Gasteiger partial charge in [0.05, 0.1) is 17.5 Å². The number of hydrogen-bond acceptors (Lipinski definition) is 5. The smallest absolute Gasteiger partial charge is 0.260 e. The Labute approximate surface area is 114 Å². The Morgan fingerprint density at radius 2 is 2.05 bits per heavy atom. The third kappa shape index (κ3) is 2.31. The highest BCUT2D eigenvalue weighted by molar-refractivity contribution is 5.93. The standard InChI is InChI=1S/C14H11N3O3/c1-9(18)15-11-6-3-2-5-10(11)14-16-13(17-20-14)12-7-4-8-19-12/h2-8H,1H3,(H,15,18). The average Bonchev–Trinajstić information content (AvgIpc) is 3.10. The van der Waals surface area contributed by atoms with E-state index in [9.17, 15) is 4.79 Å². The minimum Gasteiger partial charge on any atom is -0.461 e. The Morgan fingerprint density at radius 1 is 1.20 bits per heavy atom. The van der Waals surface area contributed by atoms with Gasteiger partial charge in [0.1, 0.15) is 0 Å². The number of carbonyl (C=O) groups excluding carboxylic acids is 1. The maximum absolute atomic E-state index is 11.2. The molecule has 3 rings (SSSR count). The van der Waals surface area contributed by atoms with E-state index in [1.165, 1.54) is 13.2 Å². The molecule has 2 aromatic heterocycles. The van der Waals surface area contributed by atoms with E-state index in [2.05, 4.69) is 15.5 Å². The van der Waals surface area contributed by atoms with Crippen molar-refractivity contribution in [2.75, 3.05) is 5.32 Å². The molecule has 0 aliphatic carbocycles. The molecule has 0 atom stereocenters. The van der Waals surface area contributed by atoms with Crippen LogP contribution >= 0.6 is 0 Å². The van der Waals surface area contributed by atoms with E-state index in [0.717, 1.165) is 0 Å². The zero-order valence-electron chi connectivity index (χ0n) is 10.7. The monoisotopic (exact) mass is 269 g/mol. The van der Waals surface area contributed by atoms with Crippen molar-refractivity contribution >= 4 is 11.6 Å². The zero-order valence-corrected chi connectivity index (χ0v) is 10.7. The average molecular weight is 269 g/mol. The topological polar surface area (TPSA) is 81.2 Å². The first-order chi connectivity index (χ1) is 9.74. The number of benzene rings is 1. The number of furan rings is 1. The molecule has 0 radical (unpaired) electrons. The molecule has 2 heterocycles. The van der Waals surface area contributed by atoms with Gasteiger partial charge in [-0.3, -0.25) is 4.79 Å². The van der Waals surface area contributed by atoms with Crippen LogP contribution in [0.25, 0.3) is 23.0 Å². The molecular formula is C14H11N3O3. The summed E-state index contributed by atoms with van der Waals surface area (Å²) in [4.78, 5) is 15.5. The predicted molar refractivity (Wildman–Crippen MR) is 71.7 cm³/mol. The van der Waals surface area contributed by atoms with E-state index < -0.39 is 0 Å². The van der Waals surface area contributed by atoms with Crippen LogP contribution in [0.1, 0.15) is 6.92 Å². The van der Waals surface area contributed by atoms with Crippen molar-refractivity contribution in [1.29, 1.82) is 0 Å². The second-order valence-electron chi connectivity index (χ2n) is 4.13. The minimum atomic E-state index is -0.164. The number of amides is 1. The van der Waals surface area contributed by atoms with Gasteiger partial charge in [-0.2, -0.15) is 4.98 Å². The summed E-state index contributed by atoms with van der Waals surface area (Å²) >= 11 is 0. The summed E-state index contributed by atoms with van der Waals surface area (Å²) in [6.45, 7) is 1.44. The highest BCUT2D eigenvalue weighted by atomic mass is 16.5. The third-order valence-electron chi connectivity index (χ3n) is 2.64. The Bertz CT molecular complexity index is 732.